The van der Waals surface area contributed by atoms with E-state index in [9.17, 15) is 20.0 Å². The maximum Gasteiger partial charge on any atom is 0.271 e. The van der Waals surface area contributed by atoms with E-state index in [4.69, 9.17) is 9.47 Å². The van der Waals surface area contributed by atoms with Crippen LogP contribution in [0.25, 0.3) is 0 Å². The lowest BCUT2D eigenvalue weighted by molar-refractivity contribution is 0.0914. The molecule has 0 amide bonds. The van der Waals surface area contributed by atoms with E-state index in [2.05, 4.69) is 4.98 Å². The fourth-order valence-corrected chi connectivity index (χ4v) is 3.06. The van der Waals surface area contributed by atoms with Crippen LogP contribution in [0.5, 0.6) is 17.4 Å². The Morgan fingerprint density at radius 1 is 1.23 bits per heavy atom. The fraction of sp³-hybridized carbons (Fsp3) is 0.182. The monoisotopic (exact) mass is 405 g/mol. The van der Waals surface area contributed by atoms with Gasteiger partial charge in [-0.1, -0.05) is 18.2 Å². The highest BCUT2D eigenvalue weighted by molar-refractivity contribution is 6.01. The number of para-hydroxylation sites is 2. The summed E-state index contributed by atoms with van der Waals surface area (Å²) in [6.07, 6.45) is 3.11. The van der Waals surface area contributed by atoms with Crippen LogP contribution >= 0.6 is 0 Å². The molecule has 30 heavy (non-hydrogen) atoms. The molecule has 8 heteroatoms. The van der Waals surface area contributed by atoms with Crippen molar-refractivity contribution in [2.24, 2.45) is 0 Å². The quantitative estimate of drug-likeness (QED) is 0.601. The molecule has 0 aliphatic carbocycles. The second-order valence-electron chi connectivity index (χ2n) is 6.43. The lowest BCUT2D eigenvalue weighted by Crippen LogP contribution is -2.28. The van der Waals surface area contributed by atoms with Gasteiger partial charge in [0.25, 0.3) is 5.56 Å². The van der Waals surface area contributed by atoms with Gasteiger partial charge in [0.2, 0.25) is 11.7 Å². The summed E-state index contributed by atoms with van der Waals surface area (Å²) in [7, 11) is 1.48. The molecule has 0 fully saturated rings. The number of methoxy groups -OCH3 is 1. The molecule has 0 bridgehead atoms. The molecule has 0 unspecified atom stereocenters. The summed E-state index contributed by atoms with van der Waals surface area (Å²) in [5.74, 6) is -0.290. The first-order valence-corrected chi connectivity index (χ1v) is 9.02. The molecule has 1 aromatic carbocycles. The number of nitrogens with zero attached hydrogens (tertiary/aromatic N) is 3. The molecule has 2 aromatic heterocycles. The van der Waals surface area contributed by atoms with Crippen molar-refractivity contribution in [1.29, 1.82) is 5.26 Å². The maximum atomic E-state index is 12.9. The Kier molecular flexibility index (Phi) is 6.13. The average Bonchev–Trinajstić information content (AvgIpc) is 2.76. The number of carbonyl (C=O) groups excluding carboxylic acids is 1. The van der Waals surface area contributed by atoms with E-state index in [0.717, 1.165) is 4.57 Å². The van der Waals surface area contributed by atoms with Crippen LogP contribution in [-0.4, -0.2) is 34.2 Å². The first-order valence-electron chi connectivity index (χ1n) is 9.02. The van der Waals surface area contributed by atoms with E-state index >= 15 is 0 Å². The van der Waals surface area contributed by atoms with Crippen molar-refractivity contribution in [2.75, 3.05) is 13.7 Å². The van der Waals surface area contributed by atoms with Gasteiger partial charge in [-0.2, -0.15) is 5.26 Å². The van der Waals surface area contributed by atoms with Gasteiger partial charge in [-0.25, -0.2) is 0 Å². The second-order valence-corrected chi connectivity index (χ2v) is 6.43. The van der Waals surface area contributed by atoms with Gasteiger partial charge in [0.05, 0.1) is 19.2 Å². The molecule has 0 aliphatic heterocycles. The summed E-state index contributed by atoms with van der Waals surface area (Å²) in [6.45, 7) is 0.996. The molecule has 0 saturated carbocycles. The topological polar surface area (TPSA) is 114 Å². The molecule has 2 heterocycles. The van der Waals surface area contributed by atoms with Crippen LogP contribution in [0.15, 0.2) is 53.6 Å². The molecular formula is C22H19N3O5. The van der Waals surface area contributed by atoms with E-state index in [1.54, 1.807) is 42.6 Å². The van der Waals surface area contributed by atoms with Gasteiger partial charge >= 0.3 is 0 Å². The predicted octanol–water partition coefficient (Wildman–Crippen LogP) is 2.45. The Hall–Kier alpha value is -4.12. The lowest BCUT2D eigenvalue weighted by Gasteiger charge is -2.16. The van der Waals surface area contributed by atoms with Gasteiger partial charge in [-0.15, -0.1) is 0 Å². The minimum absolute atomic E-state index is 0.0406. The van der Waals surface area contributed by atoms with E-state index in [-0.39, 0.29) is 23.2 Å². The lowest BCUT2D eigenvalue weighted by atomic mass is 10.0. The number of hydrogen-bond donors (Lipinski definition) is 1. The summed E-state index contributed by atoms with van der Waals surface area (Å²) in [4.78, 5) is 29.5. The van der Waals surface area contributed by atoms with Gasteiger partial charge < -0.3 is 14.6 Å². The molecule has 3 rings (SSSR count). The largest absolute Gasteiger partial charge is 0.494 e. The highest BCUT2D eigenvalue weighted by Crippen LogP contribution is 2.27. The molecule has 152 valence electrons. The van der Waals surface area contributed by atoms with Crippen LogP contribution in [-0.2, 0) is 6.54 Å². The summed E-state index contributed by atoms with van der Waals surface area (Å²) >= 11 is 0. The van der Waals surface area contributed by atoms with Gasteiger partial charge in [0.1, 0.15) is 11.6 Å². The molecule has 0 radical (unpaired) electrons. The Morgan fingerprint density at radius 2 is 1.97 bits per heavy atom. The molecule has 0 aliphatic rings. The zero-order valence-electron chi connectivity index (χ0n) is 16.5. The Bertz CT molecular complexity index is 1180. The van der Waals surface area contributed by atoms with Crippen LogP contribution in [0.4, 0.5) is 0 Å². The number of benzene rings is 1. The van der Waals surface area contributed by atoms with E-state index in [0.29, 0.717) is 17.1 Å². The van der Waals surface area contributed by atoms with Gasteiger partial charge in [0.15, 0.2) is 18.1 Å². The van der Waals surface area contributed by atoms with Crippen molar-refractivity contribution in [3.63, 3.8) is 0 Å². The van der Waals surface area contributed by atoms with E-state index in [1.165, 1.54) is 20.2 Å². The van der Waals surface area contributed by atoms with E-state index < -0.39 is 23.8 Å². The zero-order valence-corrected chi connectivity index (χ0v) is 16.5. The fourth-order valence-electron chi connectivity index (χ4n) is 3.06. The predicted molar refractivity (Wildman–Crippen MR) is 108 cm³/mol. The van der Waals surface area contributed by atoms with Crippen molar-refractivity contribution < 1.29 is 19.4 Å². The van der Waals surface area contributed by atoms with Crippen molar-refractivity contribution in [1.82, 2.24) is 9.55 Å². The molecule has 3 aromatic rings. The van der Waals surface area contributed by atoms with Gasteiger partial charge in [-0.05, 0) is 36.2 Å². The highest BCUT2D eigenvalue weighted by atomic mass is 16.5. The average molecular weight is 405 g/mol. The summed E-state index contributed by atoms with van der Waals surface area (Å²) < 4.78 is 11.7. The molecule has 1 N–H and O–H groups in total. The van der Waals surface area contributed by atoms with Gasteiger partial charge in [-0.3, -0.25) is 19.1 Å². The van der Waals surface area contributed by atoms with Crippen LogP contribution < -0.4 is 15.0 Å². The Morgan fingerprint density at radius 3 is 2.60 bits per heavy atom. The SMILES string of the molecule is COc1ccccc1OCC(=O)c1c(C)c(C#N)c(=O)n(Cc2cccnc2)c1O. The third-order valence-electron chi connectivity index (χ3n) is 4.57. The van der Waals surface area contributed by atoms with Crippen molar-refractivity contribution >= 4 is 5.78 Å². The normalized spacial score (nSPS) is 10.3. The summed E-state index contributed by atoms with van der Waals surface area (Å²) in [6, 6.07) is 12.1. The number of ketones is 1. The minimum atomic E-state index is -0.682. The highest BCUT2D eigenvalue weighted by Gasteiger charge is 2.24. The van der Waals surface area contributed by atoms with Crippen LogP contribution in [0.2, 0.25) is 0 Å². The van der Waals surface area contributed by atoms with Crippen LogP contribution in [0.1, 0.15) is 27.0 Å². The number of carbonyl (C=O) groups is 1. The van der Waals surface area contributed by atoms with Crippen molar-refractivity contribution in [3.05, 3.63) is 81.4 Å². The minimum Gasteiger partial charge on any atom is -0.494 e. The van der Waals surface area contributed by atoms with Crippen LogP contribution in [0, 0.1) is 18.3 Å². The molecule has 8 nitrogen and oxygen atoms in total. The molecular weight excluding hydrogens is 386 g/mol. The first kappa shape index (κ1) is 20.6. The number of aromatic hydroxyl groups is 1. The molecule has 0 atom stereocenters. The number of aromatic nitrogens is 2. The van der Waals surface area contributed by atoms with Gasteiger partial charge in [0, 0.05) is 12.4 Å². The summed E-state index contributed by atoms with van der Waals surface area (Å²) in [5, 5.41) is 20.2. The summed E-state index contributed by atoms with van der Waals surface area (Å²) in [5.41, 5.74) is -0.289. The molecule has 0 saturated heterocycles. The third-order valence-corrected chi connectivity index (χ3v) is 4.57. The number of nitriles is 1. The maximum absolute atomic E-state index is 12.9. The number of rotatable bonds is 7. The standard InChI is InChI=1S/C22H19N3O5/c1-14-16(10-23)21(27)25(12-15-6-5-9-24-11-15)22(28)20(14)17(26)13-30-19-8-4-3-7-18(19)29-2/h3-9,11,28H,12-13H2,1-2H3. The van der Waals surface area contributed by atoms with E-state index in [1.807, 2.05) is 6.07 Å². The number of ether oxygens (including phenoxy) is 2. The number of Topliss-reactive ketones (excluding diaryl/α,β-unsaturated/α-hetero) is 1. The first-order chi connectivity index (χ1) is 14.5. The molecule has 0 spiro atoms. The third kappa shape index (κ3) is 4.00. The number of pyridine rings is 2. The Balaban J connectivity index is 1.99. The Labute approximate surface area is 172 Å². The smallest absolute Gasteiger partial charge is 0.271 e. The van der Waals surface area contributed by atoms with Crippen molar-refractivity contribution in [3.8, 4) is 23.4 Å². The van der Waals surface area contributed by atoms with Crippen molar-refractivity contribution in [2.45, 2.75) is 13.5 Å². The van der Waals surface area contributed by atoms with Crippen LogP contribution in [0.3, 0.4) is 0 Å². The number of hydrogen-bond acceptors (Lipinski definition) is 7. The second kappa shape index (κ2) is 8.92. The zero-order chi connectivity index (χ0) is 21.7.